The van der Waals surface area contributed by atoms with E-state index < -0.39 is 5.97 Å². The molecule has 0 radical (unpaired) electrons. The molecule has 0 aliphatic heterocycles. The highest BCUT2D eigenvalue weighted by molar-refractivity contribution is 5.80. The van der Waals surface area contributed by atoms with Crippen molar-refractivity contribution < 1.29 is 24.2 Å². The van der Waals surface area contributed by atoms with Gasteiger partial charge in [-0.05, 0) is 51.0 Å². The Hall–Kier alpha value is -2.11. The molecule has 2 N–H and O–H groups in total. The number of ether oxygens (including phenoxy) is 1. The summed E-state index contributed by atoms with van der Waals surface area (Å²) < 4.78 is 5.88. The van der Waals surface area contributed by atoms with Gasteiger partial charge in [0, 0.05) is 12.8 Å². The number of carboxylic acids is 1. The first-order valence-electron chi connectivity index (χ1n) is 17.5. The third-order valence-corrected chi connectivity index (χ3v) is 7.61. The Balaban J connectivity index is 4.25. The fraction of sp³-hybridized carbons (Fsp3) is 0.806. The fourth-order valence-electron chi connectivity index (χ4n) is 4.99. The monoisotopic (exact) mass is 591 g/mol. The number of hydrogen-bond acceptors (Lipinski definition) is 4. The largest absolute Gasteiger partial charge is 0.480 e. The van der Waals surface area contributed by atoms with Crippen LogP contribution < -0.4 is 5.32 Å². The summed E-state index contributed by atoms with van der Waals surface area (Å²) in [5, 5.41) is 11.0. The van der Waals surface area contributed by atoms with Gasteiger partial charge in [0.25, 0.3) is 0 Å². The van der Waals surface area contributed by atoms with E-state index in [-0.39, 0.29) is 24.5 Å². The maximum Gasteiger partial charge on any atom is 0.322 e. The SMILES string of the molecule is CCCCCC/C=C\C/C=C\C(CCCCCCCCC(=O)NCC(=O)O)OC(=O)CCCCCCCCCCCC. The van der Waals surface area contributed by atoms with Crippen LogP contribution in [0.3, 0.4) is 0 Å². The van der Waals surface area contributed by atoms with Gasteiger partial charge in [-0.25, -0.2) is 0 Å². The average Bonchev–Trinajstić information content (AvgIpc) is 2.97. The summed E-state index contributed by atoms with van der Waals surface area (Å²) in [5.41, 5.74) is 0. The van der Waals surface area contributed by atoms with E-state index in [9.17, 15) is 14.4 Å². The molecule has 6 nitrogen and oxygen atoms in total. The number of rotatable bonds is 31. The highest BCUT2D eigenvalue weighted by Gasteiger charge is 2.11. The maximum absolute atomic E-state index is 12.6. The molecule has 0 bridgehead atoms. The van der Waals surface area contributed by atoms with Gasteiger partial charge in [0.15, 0.2) is 0 Å². The van der Waals surface area contributed by atoms with Crippen LogP contribution >= 0.6 is 0 Å². The van der Waals surface area contributed by atoms with Crippen LogP contribution in [0.1, 0.15) is 174 Å². The van der Waals surface area contributed by atoms with Crippen LogP contribution in [0.25, 0.3) is 0 Å². The molecular weight excluding hydrogens is 526 g/mol. The molecule has 244 valence electrons. The van der Waals surface area contributed by atoms with E-state index in [1.165, 1.54) is 77.0 Å². The minimum atomic E-state index is -1.02. The van der Waals surface area contributed by atoms with Gasteiger partial charge in [-0.1, -0.05) is 135 Å². The Labute approximate surface area is 258 Å². The van der Waals surface area contributed by atoms with Crippen LogP contribution in [0.5, 0.6) is 0 Å². The quantitative estimate of drug-likeness (QED) is 0.0475. The van der Waals surface area contributed by atoms with Crippen molar-refractivity contribution in [3.05, 3.63) is 24.3 Å². The van der Waals surface area contributed by atoms with E-state index in [0.717, 1.165) is 70.6 Å². The zero-order chi connectivity index (χ0) is 30.9. The van der Waals surface area contributed by atoms with Gasteiger partial charge in [-0.3, -0.25) is 14.4 Å². The minimum Gasteiger partial charge on any atom is -0.480 e. The molecule has 1 amide bonds. The van der Waals surface area contributed by atoms with E-state index in [4.69, 9.17) is 9.84 Å². The highest BCUT2D eigenvalue weighted by atomic mass is 16.5. The van der Waals surface area contributed by atoms with Gasteiger partial charge in [0.05, 0.1) is 0 Å². The van der Waals surface area contributed by atoms with E-state index in [0.29, 0.717) is 12.8 Å². The standard InChI is InChI=1S/C36H65NO5/c1-3-5-7-9-11-13-15-17-23-27-31-36(41)42-33(28-24-20-16-14-12-10-8-6-4-2)29-25-21-18-19-22-26-30-34(38)37-32-35(39)40/h14,16,24,28,33H,3-13,15,17-23,25-27,29-32H2,1-2H3,(H,37,38)(H,39,40)/b16-14-,28-24-. The fourth-order valence-corrected chi connectivity index (χ4v) is 4.99. The first-order chi connectivity index (χ1) is 20.5. The Bertz CT molecular complexity index is 703. The lowest BCUT2D eigenvalue weighted by Gasteiger charge is -2.14. The number of esters is 1. The van der Waals surface area contributed by atoms with Crippen molar-refractivity contribution in [2.45, 2.75) is 180 Å². The van der Waals surface area contributed by atoms with E-state index in [1.54, 1.807) is 0 Å². The number of hydrogen-bond donors (Lipinski definition) is 2. The molecule has 0 heterocycles. The minimum absolute atomic E-state index is 0.0724. The summed E-state index contributed by atoms with van der Waals surface area (Å²) >= 11 is 0. The molecule has 0 saturated heterocycles. The third-order valence-electron chi connectivity index (χ3n) is 7.61. The van der Waals surface area contributed by atoms with Gasteiger partial charge in [-0.2, -0.15) is 0 Å². The summed E-state index contributed by atoms with van der Waals surface area (Å²) in [5.74, 6) is -1.29. The second-order valence-corrected chi connectivity index (χ2v) is 11.8. The molecular formula is C36H65NO5. The van der Waals surface area contributed by atoms with Crippen molar-refractivity contribution >= 4 is 17.8 Å². The molecule has 0 saturated carbocycles. The zero-order valence-corrected chi connectivity index (χ0v) is 27.4. The summed E-state index contributed by atoms with van der Waals surface area (Å²) in [7, 11) is 0. The predicted molar refractivity (Wildman–Crippen MR) is 176 cm³/mol. The Morgan fingerprint density at radius 3 is 1.76 bits per heavy atom. The number of aliphatic carboxylic acids is 1. The van der Waals surface area contributed by atoms with E-state index in [2.05, 4.69) is 43.5 Å². The molecule has 0 aliphatic carbocycles. The topological polar surface area (TPSA) is 92.7 Å². The first kappa shape index (κ1) is 39.9. The highest BCUT2D eigenvalue weighted by Crippen LogP contribution is 2.15. The Morgan fingerprint density at radius 1 is 0.643 bits per heavy atom. The van der Waals surface area contributed by atoms with Crippen LogP contribution in [0, 0.1) is 0 Å². The van der Waals surface area contributed by atoms with Gasteiger partial charge in [0.2, 0.25) is 5.91 Å². The summed E-state index contributed by atoms with van der Waals surface area (Å²) in [6.07, 6.45) is 35.9. The van der Waals surface area contributed by atoms with Crippen LogP contribution in [0.15, 0.2) is 24.3 Å². The number of carboxylic acid groups (broad SMARTS) is 1. The van der Waals surface area contributed by atoms with Crippen LogP contribution in [0.4, 0.5) is 0 Å². The third kappa shape index (κ3) is 30.8. The van der Waals surface area contributed by atoms with Gasteiger partial charge < -0.3 is 15.2 Å². The predicted octanol–water partition coefficient (Wildman–Crippen LogP) is 10.0. The number of carbonyl (C=O) groups excluding carboxylic acids is 2. The number of unbranched alkanes of at least 4 members (excludes halogenated alkanes) is 18. The van der Waals surface area contributed by atoms with Crippen LogP contribution in [-0.4, -0.2) is 35.6 Å². The molecule has 0 rings (SSSR count). The van der Waals surface area contributed by atoms with Crippen molar-refractivity contribution in [1.29, 1.82) is 0 Å². The molecule has 1 unspecified atom stereocenters. The second kappa shape index (κ2) is 31.8. The Morgan fingerprint density at radius 2 is 1.17 bits per heavy atom. The van der Waals surface area contributed by atoms with Gasteiger partial charge in [0.1, 0.15) is 12.6 Å². The zero-order valence-electron chi connectivity index (χ0n) is 27.4. The average molecular weight is 592 g/mol. The number of carbonyl (C=O) groups is 3. The van der Waals surface area contributed by atoms with E-state index >= 15 is 0 Å². The van der Waals surface area contributed by atoms with Crippen molar-refractivity contribution in [2.75, 3.05) is 6.54 Å². The number of allylic oxidation sites excluding steroid dienone is 3. The summed E-state index contributed by atoms with van der Waals surface area (Å²) in [6.45, 7) is 4.18. The lowest BCUT2D eigenvalue weighted by molar-refractivity contribution is -0.147. The van der Waals surface area contributed by atoms with Gasteiger partial charge >= 0.3 is 11.9 Å². The Kier molecular flexibility index (Phi) is 30.2. The normalized spacial score (nSPS) is 12.2. The molecule has 42 heavy (non-hydrogen) atoms. The van der Waals surface area contributed by atoms with Gasteiger partial charge in [-0.15, -0.1) is 0 Å². The molecule has 0 aromatic rings. The van der Waals surface area contributed by atoms with Crippen molar-refractivity contribution in [1.82, 2.24) is 5.32 Å². The molecule has 0 aliphatic rings. The van der Waals surface area contributed by atoms with Crippen molar-refractivity contribution in [2.24, 2.45) is 0 Å². The smallest absolute Gasteiger partial charge is 0.322 e. The number of amides is 1. The molecule has 0 aromatic carbocycles. The van der Waals surface area contributed by atoms with Crippen molar-refractivity contribution in [3.63, 3.8) is 0 Å². The van der Waals surface area contributed by atoms with E-state index in [1.807, 2.05) is 0 Å². The van der Waals surface area contributed by atoms with Crippen LogP contribution in [0.2, 0.25) is 0 Å². The molecule has 0 aromatic heterocycles. The summed E-state index contributed by atoms with van der Waals surface area (Å²) in [6, 6.07) is 0. The number of nitrogens with one attached hydrogen (secondary N) is 1. The summed E-state index contributed by atoms with van der Waals surface area (Å²) in [4.78, 5) is 34.6. The second-order valence-electron chi connectivity index (χ2n) is 11.8. The molecule has 6 heteroatoms. The molecule has 0 spiro atoms. The lowest BCUT2D eigenvalue weighted by Crippen LogP contribution is -2.28. The van der Waals surface area contributed by atoms with Crippen molar-refractivity contribution in [3.8, 4) is 0 Å². The van der Waals surface area contributed by atoms with Crippen LogP contribution in [-0.2, 0) is 19.1 Å². The molecule has 0 fully saturated rings. The maximum atomic E-state index is 12.6. The first-order valence-corrected chi connectivity index (χ1v) is 17.5. The lowest BCUT2D eigenvalue weighted by atomic mass is 10.0. The molecule has 1 atom stereocenters.